The lowest BCUT2D eigenvalue weighted by atomic mass is 9.62. The number of fused-ring (bicyclic) bond motifs is 4. The molecule has 0 fully saturated rings. The Balaban J connectivity index is 2.03. The Morgan fingerprint density at radius 2 is 0.851 bits per heavy atom. The number of rotatable bonds is 2. The molecule has 47 heavy (non-hydrogen) atoms. The van der Waals surface area contributed by atoms with E-state index in [2.05, 4.69) is 167 Å². The molecule has 0 N–H and O–H groups in total. The molecule has 1 heterocycles. The zero-order chi connectivity index (χ0) is 34.8. The Labute approximate surface area is 287 Å². The third kappa shape index (κ3) is 5.66. The van der Waals surface area contributed by atoms with Gasteiger partial charge in [-0.3, -0.25) is 0 Å². The lowest BCUT2D eigenvalue weighted by molar-refractivity contribution is -0.116. The van der Waals surface area contributed by atoms with Gasteiger partial charge in [0.25, 0.3) is 0 Å². The molecule has 5 aromatic rings. The average molecular weight is 645 g/mol. The SMILES string of the molecule is COC(C#Cc1c2cc3ccccc3cc2c(C#CC(OC)(C(C)(C)C)C(C)(C)C)c2cc3sccc3cc12)(C(C)(C)C)C(C)(C)C. The van der Waals surface area contributed by atoms with Crippen LogP contribution in [0.2, 0.25) is 0 Å². The molecular weight excluding hydrogens is 593 g/mol. The van der Waals surface area contributed by atoms with E-state index in [1.807, 2.05) is 0 Å². The predicted octanol–water partition coefficient (Wildman–Crippen LogP) is 12.0. The van der Waals surface area contributed by atoms with Crippen molar-refractivity contribution < 1.29 is 9.47 Å². The Hall–Kier alpha value is -3.34. The molecule has 0 aliphatic heterocycles. The number of thiophene rings is 1. The normalized spacial score (nSPS) is 13.6. The molecule has 0 bridgehead atoms. The fourth-order valence-electron chi connectivity index (χ4n) is 8.26. The van der Waals surface area contributed by atoms with Gasteiger partial charge in [0.05, 0.1) is 0 Å². The Kier molecular flexibility index (Phi) is 8.68. The summed E-state index contributed by atoms with van der Waals surface area (Å²) in [6.45, 7) is 26.7. The number of methoxy groups -OCH3 is 2. The molecule has 0 aliphatic rings. The minimum atomic E-state index is -0.696. The van der Waals surface area contributed by atoms with Crippen molar-refractivity contribution in [2.45, 2.75) is 94.3 Å². The highest BCUT2D eigenvalue weighted by molar-refractivity contribution is 7.17. The summed E-state index contributed by atoms with van der Waals surface area (Å²) >= 11 is 1.76. The van der Waals surface area contributed by atoms with Gasteiger partial charge in [0, 0.05) is 57.1 Å². The highest BCUT2D eigenvalue weighted by Crippen LogP contribution is 2.48. The lowest BCUT2D eigenvalue weighted by Crippen LogP contribution is -2.53. The van der Waals surface area contributed by atoms with Crippen molar-refractivity contribution in [1.82, 2.24) is 0 Å². The van der Waals surface area contributed by atoms with Crippen LogP contribution in [0.25, 0.3) is 42.4 Å². The first-order valence-corrected chi connectivity index (χ1v) is 17.6. The standard InChI is InChI=1S/C44H52O2S/c1-39(2,3)43(45-13,40(4,5)6)22-19-32-34-25-29-17-15-16-18-30(29)26-35(34)33(37-28-38-31(21-24-47-38)27-36(32)37)20-23-44(46-14,41(7,8)9)42(10,11)12/h15-18,21,24-28H,1-14H3. The van der Waals surface area contributed by atoms with Crippen LogP contribution in [0.4, 0.5) is 0 Å². The molecule has 0 radical (unpaired) electrons. The van der Waals surface area contributed by atoms with E-state index in [9.17, 15) is 0 Å². The first kappa shape index (κ1) is 35.0. The van der Waals surface area contributed by atoms with Crippen LogP contribution in [0.1, 0.15) is 94.2 Å². The summed E-state index contributed by atoms with van der Waals surface area (Å²) in [6.07, 6.45) is 0. The first-order valence-electron chi connectivity index (χ1n) is 16.7. The van der Waals surface area contributed by atoms with Gasteiger partial charge in [0.1, 0.15) is 11.2 Å². The molecule has 4 aromatic carbocycles. The van der Waals surface area contributed by atoms with Gasteiger partial charge in [-0.2, -0.15) is 0 Å². The molecule has 0 aliphatic carbocycles. The molecule has 0 spiro atoms. The third-order valence-electron chi connectivity index (χ3n) is 10.1. The van der Waals surface area contributed by atoms with Gasteiger partial charge in [-0.25, -0.2) is 0 Å². The van der Waals surface area contributed by atoms with E-state index in [0.29, 0.717) is 0 Å². The second kappa shape index (κ2) is 11.7. The molecular formula is C44H52O2S. The maximum atomic E-state index is 6.41. The van der Waals surface area contributed by atoms with Gasteiger partial charge in [-0.05, 0) is 68.0 Å². The molecule has 3 heteroatoms. The summed E-state index contributed by atoms with van der Waals surface area (Å²) in [5.41, 5.74) is -0.305. The number of benzene rings is 4. The van der Waals surface area contributed by atoms with Crippen molar-refractivity contribution in [2.24, 2.45) is 21.7 Å². The Morgan fingerprint density at radius 1 is 0.489 bits per heavy atom. The van der Waals surface area contributed by atoms with E-state index < -0.39 is 11.2 Å². The smallest absolute Gasteiger partial charge is 0.138 e. The second-order valence-electron chi connectivity index (χ2n) is 17.1. The summed E-state index contributed by atoms with van der Waals surface area (Å²) in [4.78, 5) is 0. The summed E-state index contributed by atoms with van der Waals surface area (Å²) in [5.74, 6) is 15.1. The van der Waals surface area contributed by atoms with E-state index in [1.165, 1.54) is 20.9 Å². The van der Waals surface area contributed by atoms with Gasteiger partial charge in [-0.1, -0.05) is 131 Å². The van der Waals surface area contributed by atoms with Crippen molar-refractivity contribution in [3.05, 3.63) is 71.1 Å². The van der Waals surface area contributed by atoms with E-state index in [1.54, 1.807) is 25.6 Å². The fraction of sp³-hybridized carbons (Fsp3) is 0.455. The quantitative estimate of drug-likeness (QED) is 0.141. The highest BCUT2D eigenvalue weighted by Gasteiger charge is 2.51. The third-order valence-corrected chi connectivity index (χ3v) is 11.0. The van der Waals surface area contributed by atoms with E-state index in [0.717, 1.165) is 32.7 Å². The highest BCUT2D eigenvalue weighted by atomic mass is 32.1. The molecule has 2 nitrogen and oxygen atoms in total. The zero-order valence-electron chi connectivity index (χ0n) is 31.0. The summed E-state index contributed by atoms with van der Waals surface area (Å²) < 4.78 is 14.1. The van der Waals surface area contributed by atoms with Gasteiger partial charge in [-0.15, -0.1) is 11.3 Å². The minimum Gasteiger partial charge on any atom is -0.364 e. The van der Waals surface area contributed by atoms with Crippen molar-refractivity contribution in [3.8, 4) is 23.7 Å². The van der Waals surface area contributed by atoms with Crippen LogP contribution in [-0.2, 0) is 9.47 Å². The summed E-state index contributed by atoms with van der Waals surface area (Å²) in [6, 6.07) is 20.0. The zero-order valence-corrected chi connectivity index (χ0v) is 31.8. The lowest BCUT2D eigenvalue weighted by Gasteiger charge is -2.48. The van der Waals surface area contributed by atoms with Crippen LogP contribution in [0.15, 0.2) is 60.0 Å². The van der Waals surface area contributed by atoms with E-state index >= 15 is 0 Å². The van der Waals surface area contributed by atoms with E-state index in [-0.39, 0.29) is 21.7 Å². The molecule has 0 saturated carbocycles. The number of hydrogen-bond donors (Lipinski definition) is 0. The number of ether oxygens (including phenoxy) is 2. The van der Waals surface area contributed by atoms with Gasteiger partial charge < -0.3 is 9.47 Å². The maximum absolute atomic E-state index is 6.41. The first-order chi connectivity index (χ1) is 21.7. The van der Waals surface area contributed by atoms with Crippen LogP contribution in [0.3, 0.4) is 0 Å². The Morgan fingerprint density at radius 3 is 1.21 bits per heavy atom. The fourth-order valence-corrected chi connectivity index (χ4v) is 9.07. The van der Waals surface area contributed by atoms with Crippen molar-refractivity contribution in [1.29, 1.82) is 0 Å². The number of hydrogen-bond acceptors (Lipinski definition) is 3. The van der Waals surface area contributed by atoms with Crippen LogP contribution in [0, 0.1) is 45.3 Å². The van der Waals surface area contributed by atoms with Gasteiger partial charge >= 0.3 is 0 Å². The Bertz CT molecular complexity index is 1930. The molecule has 0 amide bonds. The van der Waals surface area contributed by atoms with Crippen molar-refractivity contribution >= 4 is 53.7 Å². The van der Waals surface area contributed by atoms with E-state index in [4.69, 9.17) is 9.47 Å². The predicted molar refractivity (Wildman–Crippen MR) is 205 cm³/mol. The van der Waals surface area contributed by atoms with Gasteiger partial charge in [0.2, 0.25) is 0 Å². The van der Waals surface area contributed by atoms with Crippen LogP contribution >= 0.6 is 11.3 Å². The molecule has 246 valence electrons. The molecule has 0 saturated heterocycles. The summed E-state index contributed by atoms with van der Waals surface area (Å²) in [7, 11) is 3.60. The van der Waals surface area contributed by atoms with Crippen LogP contribution < -0.4 is 0 Å². The molecule has 1 aromatic heterocycles. The molecule has 5 rings (SSSR count). The topological polar surface area (TPSA) is 18.5 Å². The van der Waals surface area contributed by atoms with Crippen molar-refractivity contribution in [3.63, 3.8) is 0 Å². The summed E-state index contributed by atoms with van der Waals surface area (Å²) in [5, 5.41) is 10.2. The molecule has 0 atom stereocenters. The van der Waals surface area contributed by atoms with Crippen molar-refractivity contribution in [2.75, 3.05) is 14.2 Å². The maximum Gasteiger partial charge on any atom is 0.138 e. The van der Waals surface area contributed by atoms with Crippen LogP contribution in [0.5, 0.6) is 0 Å². The average Bonchev–Trinajstić information content (AvgIpc) is 3.41. The second-order valence-corrected chi connectivity index (χ2v) is 18.1. The van der Waals surface area contributed by atoms with Gasteiger partial charge in [0.15, 0.2) is 0 Å². The minimum absolute atomic E-state index is 0.235. The largest absolute Gasteiger partial charge is 0.364 e. The monoisotopic (exact) mass is 644 g/mol. The van der Waals surface area contributed by atoms with Crippen LogP contribution in [-0.4, -0.2) is 25.4 Å². The molecule has 0 unspecified atom stereocenters.